The Kier molecular flexibility index (Phi) is 5.85. The monoisotopic (exact) mass is 182 g/mol. The molecule has 0 heterocycles. The molecule has 3 nitrogen and oxygen atoms in total. The highest BCUT2D eigenvalue weighted by Gasteiger charge is 1.98. The molecule has 0 aromatic rings. The van der Waals surface area contributed by atoms with Gasteiger partial charge in [-0.2, -0.15) is 4.99 Å². The molecule has 13 heavy (non-hydrogen) atoms. The highest BCUT2D eigenvalue weighted by Crippen LogP contribution is 2.08. The first-order valence-corrected chi connectivity index (χ1v) is 4.44. The number of rotatable bonds is 4. The second-order valence-corrected chi connectivity index (χ2v) is 2.97. The summed E-state index contributed by atoms with van der Waals surface area (Å²) in [7, 11) is 0. The maximum Gasteiger partial charge on any atom is 0.213 e. The molecule has 0 spiro atoms. The van der Waals surface area contributed by atoms with Crippen LogP contribution in [0.25, 0.3) is 0 Å². The first-order chi connectivity index (χ1) is 6.11. The molecule has 0 atom stereocenters. The summed E-state index contributed by atoms with van der Waals surface area (Å²) in [6.45, 7) is 11.9. The molecule has 0 radical (unpaired) electrons. The van der Waals surface area contributed by atoms with Gasteiger partial charge in [0.2, 0.25) is 5.88 Å². The van der Waals surface area contributed by atoms with Crippen LogP contribution in [0.2, 0.25) is 0 Å². The largest absolute Gasteiger partial charge is 0.478 e. The lowest BCUT2D eigenvalue weighted by Crippen LogP contribution is -1.96. The van der Waals surface area contributed by atoms with Crippen molar-refractivity contribution in [3.63, 3.8) is 0 Å². The molecule has 0 amide bonds. The average Bonchev–Trinajstić information content (AvgIpc) is 2.11. The van der Waals surface area contributed by atoms with Gasteiger partial charge in [-0.05, 0) is 39.5 Å². The number of allylic oxidation sites excluding steroid dienone is 1. The summed E-state index contributed by atoms with van der Waals surface area (Å²) in [5.41, 5.74) is 1.05. The first kappa shape index (κ1) is 11.9. The second-order valence-electron chi connectivity index (χ2n) is 2.97. The zero-order valence-corrected chi connectivity index (χ0v) is 8.92. The minimum Gasteiger partial charge on any atom is -0.478 e. The first-order valence-electron chi connectivity index (χ1n) is 4.44. The van der Waals surface area contributed by atoms with E-state index in [2.05, 4.69) is 23.6 Å². The van der Waals surface area contributed by atoms with E-state index >= 15 is 0 Å². The lowest BCUT2D eigenvalue weighted by atomic mass is 10.4. The number of nitrogens with zero attached hydrogens (tertiary/aromatic N) is 2. The van der Waals surface area contributed by atoms with E-state index in [1.807, 2.05) is 13.8 Å². The van der Waals surface area contributed by atoms with Crippen LogP contribution in [0.5, 0.6) is 0 Å². The van der Waals surface area contributed by atoms with Gasteiger partial charge in [0.25, 0.3) is 0 Å². The van der Waals surface area contributed by atoms with Crippen molar-refractivity contribution in [1.82, 2.24) is 0 Å². The van der Waals surface area contributed by atoms with E-state index in [9.17, 15) is 0 Å². The van der Waals surface area contributed by atoms with Gasteiger partial charge in [-0.15, -0.1) is 0 Å². The number of ether oxygens (including phenoxy) is 1. The molecular weight excluding hydrogens is 164 g/mol. The van der Waals surface area contributed by atoms with Crippen LogP contribution in [-0.2, 0) is 4.74 Å². The number of hydrogen-bond acceptors (Lipinski definition) is 2. The molecule has 0 fully saturated rings. The molecule has 0 aromatic carbocycles. The smallest absolute Gasteiger partial charge is 0.213 e. The third-order valence-corrected chi connectivity index (χ3v) is 1.36. The average molecular weight is 182 g/mol. The van der Waals surface area contributed by atoms with Crippen molar-refractivity contribution >= 4 is 12.6 Å². The Balaban J connectivity index is 4.46. The third-order valence-electron chi connectivity index (χ3n) is 1.36. The predicted molar refractivity (Wildman–Crippen MR) is 57.3 cm³/mol. The zero-order valence-electron chi connectivity index (χ0n) is 8.92. The minimum atomic E-state index is 0.632. The van der Waals surface area contributed by atoms with E-state index in [1.54, 1.807) is 6.92 Å². The Morgan fingerprint density at radius 3 is 2.31 bits per heavy atom. The van der Waals surface area contributed by atoms with Crippen LogP contribution < -0.4 is 0 Å². The molecule has 3 heteroatoms. The topological polar surface area (TPSA) is 34.0 Å². The summed E-state index contributed by atoms with van der Waals surface area (Å²) in [6.07, 6.45) is 0.979. The molecule has 0 rings (SSSR count). The zero-order chi connectivity index (χ0) is 10.3. The van der Waals surface area contributed by atoms with Gasteiger partial charge < -0.3 is 4.74 Å². The van der Waals surface area contributed by atoms with Crippen LogP contribution >= 0.6 is 0 Å². The molecule has 0 aliphatic carbocycles. The minimum absolute atomic E-state index is 0.632. The maximum absolute atomic E-state index is 5.43. The molecule has 0 aliphatic heterocycles. The fourth-order valence-electron chi connectivity index (χ4n) is 0.669. The third kappa shape index (κ3) is 5.17. The summed E-state index contributed by atoms with van der Waals surface area (Å²) >= 11 is 0. The molecular formula is C10H18N2O. The molecule has 0 bridgehead atoms. The maximum atomic E-state index is 5.43. The van der Waals surface area contributed by atoms with Gasteiger partial charge in [0, 0.05) is 0 Å². The van der Waals surface area contributed by atoms with Gasteiger partial charge >= 0.3 is 0 Å². The summed E-state index contributed by atoms with van der Waals surface area (Å²) in [5, 5.41) is 0. The normalized spacial score (nSPS) is 10.9. The fourth-order valence-corrected chi connectivity index (χ4v) is 0.669. The SMILES string of the molecule is C=N/C(C)=N\C(OCCC)=C(C)C. The second kappa shape index (κ2) is 6.40. The van der Waals surface area contributed by atoms with Crippen LogP contribution in [0.4, 0.5) is 0 Å². The van der Waals surface area contributed by atoms with Gasteiger partial charge in [0.1, 0.15) is 5.84 Å². The van der Waals surface area contributed by atoms with E-state index in [0.717, 1.165) is 12.0 Å². The molecule has 74 valence electrons. The van der Waals surface area contributed by atoms with Crippen LogP contribution in [-0.4, -0.2) is 19.2 Å². The Labute approximate surface area is 80.2 Å². The lowest BCUT2D eigenvalue weighted by molar-refractivity contribution is 0.207. The standard InChI is InChI=1S/C10H18N2O/c1-6-7-13-10(8(2)3)12-9(4)11-5/h5-7H2,1-4H3/b12-9-. The van der Waals surface area contributed by atoms with Crippen LogP contribution in [0, 0.1) is 0 Å². The molecule has 0 aromatic heterocycles. The van der Waals surface area contributed by atoms with E-state index in [4.69, 9.17) is 4.74 Å². The fraction of sp³-hybridized carbons (Fsp3) is 0.600. The summed E-state index contributed by atoms with van der Waals surface area (Å²) in [5.74, 6) is 1.29. The van der Waals surface area contributed by atoms with Gasteiger partial charge in [0.05, 0.1) is 6.61 Å². The Morgan fingerprint density at radius 2 is 1.92 bits per heavy atom. The predicted octanol–water partition coefficient (Wildman–Crippen LogP) is 2.78. The van der Waals surface area contributed by atoms with Crippen LogP contribution in [0.3, 0.4) is 0 Å². The highest BCUT2D eigenvalue weighted by molar-refractivity contribution is 5.84. The Bertz CT molecular complexity index is 225. The van der Waals surface area contributed by atoms with Crippen molar-refractivity contribution in [3.8, 4) is 0 Å². The van der Waals surface area contributed by atoms with Gasteiger partial charge in [-0.25, -0.2) is 4.99 Å². The number of amidine groups is 1. The summed E-state index contributed by atoms with van der Waals surface area (Å²) < 4.78 is 5.43. The number of aliphatic imine (C=N–C) groups is 2. The van der Waals surface area contributed by atoms with E-state index in [0.29, 0.717) is 18.3 Å². The molecule has 0 aliphatic rings. The summed E-state index contributed by atoms with van der Waals surface area (Å²) in [4.78, 5) is 7.88. The van der Waals surface area contributed by atoms with Crippen molar-refractivity contribution in [2.24, 2.45) is 9.98 Å². The lowest BCUT2D eigenvalue weighted by Gasteiger charge is -2.06. The quantitative estimate of drug-likeness (QED) is 0.374. The molecule has 0 saturated carbocycles. The van der Waals surface area contributed by atoms with E-state index < -0.39 is 0 Å². The van der Waals surface area contributed by atoms with Crippen molar-refractivity contribution in [3.05, 3.63) is 11.5 Å². The molecule has 0 unspecified atom stereocenters. The van der Waals surface area contributed by atoms with Gasteiger partial charge in [-0.1, -0.05) is 6.92 Å². The van der Waals surface area contributed by atoms with Crippen molar-refractivity contribution in [2.45, 2.75) is 34.1 Å². The molecule has 0 saturated heterocycles. The van der Waals surface area contributed by atoms with Crippen LogP contribution in [0.1, 0.15) is 34.1 Å². The number of hydrogen-bond donors (Lipinski definition) is 0. The van der Waals surface area contributed by atoms with Crippen molar-refractivity contribution in [1.29, 1.82) is 0 Å². The van der Waals surface area contributed by atoms with E-state index in [1.165, 1.54) is 0 Å². The Morgan fingerprint density at radius 1 is 1.31 bits per heavy atom. The van der Waals surface area contributed by atoms with Crippen LogP contribution in [0.15, 0.2) is 21.4 Å². The Hall–Kier alpha value is -1.12. The molecule has 0 N–H and O–H groups in total. The highest BCUT2D eigenvalue weighted by atomic mass is 16.5. The van der Waals surface area contributed by atoms with Gasteiger partial charge in [-0.3, -0.25) is 0 Å². The summed E-state index contributed by atoms with van der Waals surface area (Å²) in [6, 6.07) is 0. The van der Waals surface area contributed by atoms with Crippen molar-refractivity contribution in [2.75, 3.05) is 6.61 Å². The van der Waals surface area contributed by atoms with E-state index in [-0.39, 0.29) is 0 Å². The van der Waals surface area contributed by atoms with Gasteiger partial charge in [0.15, 0.2) is 0 Å². The van der Waals surface area contributed by atoms with Crippen molar-refractivity contribution < 1.29 is 4.74 Å².